The zero-order valence-corrected chi connectivity index (χ0v) is 14.1. The molecule has 3 rings (SSSR count). The van der Waals surface area contributed by atoms with Gasteiger partial charge in [0.25, 0.3) is 0 Å². The molecule has 5 nitrogen and oxygen atoms in total. The van der Waals surface area contributed by atoms with Gasteiger partial charge >= 0.3 is 6.03 Å². The fourth-order valence-corrected chi connectivity index (χ4v) is 3.42. The van der Waals surface area contributed by atoms with Crippen LogP contribution in [-0.2, 0) is 0 Å². The molecule has 1 N–H and O–H groups in total. The maximum absolute atomic E-state index is 12.3. The van der Waals surface area contributed by atoms with Crippen LogP contribution in [0.4, 0.5) is 10.5 Å². The van der Waals surface area contributed by atoms with Crippen molar-refractivity contribution in [1.82, 2.24) is 15.2 Å². The van der Waals surface area contributed by atoms with Gasteiger partial charge in [0.15, 0.2) is 0 Å². The third kappa shape index (κ3) is 4.01. The number of carbonyl (C=O) groups excluding carboxylic acids is 1. The topological polar surface area (TPSA) is 48.5 Å². The van der Waals surface area contributed by atoms with Crippen molar-refractivity contribution in [2.45, 2.75) is 12.8 Å². The number of aromatic nitrogens is 1. The van der Waals surface area contributed by atoms with Crippen molar-refractivity contribution in [3.8, 4) is 0 Å². The molecular weight excluding hydrogens is 308 g/mol. The second kappa shape index (κ2) is 7.46. The third-order valence-corrected chi connectivity index (χ3v) is 5.13. The number of nitrogens with zero attached hydrogens (tertiary/aromatic N) is 3. The van der Waals surface area contributed by atoms with E-state index in [1.54, 1.807) is 17.5 Å². The van der Waals surface area contributed by atoms with Crippen LogP contribution in [0.15, 0.2) is 41.9 Å². The Balaban J connectivity index is 1.45. The Hall–Kier alpha value is -2.08. The fourth-order valence-electron chi connectivity index (χ4n) is 2.72. The van der Waals surface area contributed by atoms with Crippen molar-refractivity contribution >= 4 is 23.1 Å². The van der Waals surface area contributed by atoms with Crippen LogP contribution in [0.5, 0.6) is 0 Å². The highest BCUT2D eigenvalue weighted by molar-refractivity contribution is 7.09. The molecule has 1 aliphatic heterocycles. The molecule has 1 aliphatic rings. The number of amides is 2. The molecule has 0 aliphatic carbocycles. The van der Waals surface area contributed by atoms with E-state index < -0.39 is 0 Å². The molecule has 1 aromatic carbocycles. The lowest BCUT2D eigenvalue weighted by Gasteiger charge is -2.36. The molecule has 2 amide bonds. The summed E-state index contributed by atoms with van der Waals surface area (Å²) in [6, 6.07) is 10.4. The SMILES string of the molecule is CC(CNC(=O)N1CCN(c2ccccc2)CC1)c1nccs1. The standard InChI is InChI=1S/C17H22N4OS/c1-14(16-18-7-12-23-16)13-19-17(22)21-10-8-20(9-11-21)15-5-3-2-4-6-15/h2-7,12,14H,8-11,13H2,1H3,(H,19,22). The van der Waals surface area contributed by atoms with Crippen molar-refractivity contribution in [2.75, 3.05) is 37.6 Å². The van der Waals surface area contributed by atoms with E-state index in [-0.39, 0.29) is 11.9 Å². The van der Waals surface area contributed by atoms with E-state index in [9.17, 15) is 4.79 Å². The number of piperazine rings is 1. The summed E-state index contributed by atoms with van der Waals surface area (Å²) in [5.74, 6) is 0.254. The molecule has 1 unspecified atom stereocenters. The van der Waals surface area contributed by atoms with Crippen molar-refractivity contribution in [1.29, 1.82) is 0 Å². The molecule has 0 bridgehead atoms. The summed E-state index contributed by atoms with van der Waals surface area (Å²) >= 11 is 1.63. The minimum Gasteiger partial charge on any atom is -0.368 e. The lowest BCUT2D eigenvalue weighted by molar-refractivity contribution is 0.194. The first kappa shape index (κ1) is 15.8. The number of benzene rings is 1. The molecule has 1 aromatic heterocycles. The van der Waals surface area contributed by atoms with E-state index in [0.29, 0.717) is 6.54 Å². The first-order valence-corrected chi connectivity index (χ1v) is 8.84. The van der Waals surface area contributed by atoms with Gasteiger partial charge in [-0.3, -0.25) is 0 Å². The maximum Gasteiger partial charge on any atom is 0.317 e. The predicted octanol–water partition coefficient (Wildman–Crippen LogP) is 2.78. The van der Waals surface area contributed by atoms with Crippen LogP contribution in [0.3, 0.4) is 0 Å². The van der Waals surface area contributed by atoms with Crippen LogP contribution in [0.25, 0.3) is 0 Å². The Labute approximate surface area is 140 Å². The van der Waals surface area contributed by atoms with E-state index in [4.69, 9.17) is 0 Å². The van der Waals surface area contributed by atoms with Gasteiger partial charge in [-0.25, -0.2) is 9.78 Å². The highest BCUT2D eigenvalue weighted by Gasteiger charge is 2.21. The molecular formula is C17H22N4OS. The van der Waals surface area contributed by atoms with Gasteiger partial charge in [-0.15, -0.1) is 11.3 Å². The normalized spacial score (nSPS) is 16.2. The van der Waals surface area contributed by atoms with Gasteiger partial charge in [-0.05, 0) is 12.1 Å². The predicted molar refractivity (Wildman–Crippen MR) is 94.2 cm³/mol. The molecule has 1 fully saturated rings. The summed E-state index contributed by atoms with van der Waals surface area (Å²) in [4.78, 5) is 20.8. The first-order chi connectivity index (χ1) is 11.2. The average molecular weight is 330 g/mol. The Morgan fingerprint density at radius 2 is 2.00 bits per heavy atom. The second-order valence-corrected chi connectivity index (χ2v) is 6.69. The molecule has 23 heavy (non-hydrogen) atoms. The summed E-state index contributed by atoms with van der Waals surface area (Å²) in [5.41, 5.74) is 1.23. The van der Waals surface area contributed by atoms with Crippen molar-refractivity contribution in [3.63, 3.8) is 0 Å². The van der Waals surface area contributed by atoms with Gasteiger partial charge in [0.1, 0.15) is 0 Å². The summed E-state index contributed by atoms with van der Waals surface area (Å²) in [5, 5.41) is 6.07. The number of thiazole rings is 1. The van der Waals surface area contributed by atoms with Gasteiger partial charge in [-0.1, -0.05) is 25.1 Å². The lowest BCUT2D eigenvalue weighted by Crippen LogP contribution is -2.52. The van der Waals surface area contributed by atoms with Gasteiger partial charge in [0.05, 0.1) is 5.01 Å². The number of nitrogens with one attached hydrogen (secondary N) is 1. The van der Waals surface area contributed by atoms with Crippen molar-refractivity contribution in [2.24, 2.45) is 0 Å². The summed E-state index contributed by atoms with van der Waals surface area (Å²) in [6.07, 6.45) is 1.81. The van der Waals surface area contributed by atoms with Crippen LogP contribution < -0.4 is 10.2 Å². The lowest BCUT2D eigenvalue weighted by atomic mass is 10.2. The summed E-state index contributed by atoms with van der Waals surface area (Å²) in [6.45, 7) is 5.98. The fraction of sp³-hybridized carbons (Fsp3) is 0.412. The Morgan fingerprint density at radius 3 is 2.65 bits per heavy atom. The molecule has 6 heteroatoms. The number of hydrogen-bond acceptors (Lipinski definition) is 4. The second-order valence-electron chi connectivity index (χ2n) is 5.77. The Morgan fingerprint density at radius 1 is 1.26 bits per heavy atom. The highest BCUT2D eigenvalue weighted by Crippen LogP contribution is 2.17. The van der Waals surface area contributed by atoms with Crippen molar-refractivity contribution < 1.29 is 4.79 Å². The van der Waals surface area contributed by atoms with E-state index in [1.807, 2.05) is 16.3 Å². The number of carbonyl (C=O) groups is 1. The molecule has 1 atom stereocenters. The first-order valence-electron chi connectivity index (χ1n) is 7.96. The maximum atomic E-state index is 12.3. The minimum atomic E-state index is 0.0288. The van der Waals surface area contributed by atoms with Crippen LogP contribution in [0.1, 0.15) is 17.8 Å². The van der Waals surface area contributed by atoms with Crippen LogP contribution >= 0.6 is 11.3 Å². The van der Waals surface area contributed by atoms with Gasteiger partial charge in [0.2, 0.25) is 0 Å². The van der Waals surface area contributed by atoms with E-state index in [0.717, 1.165) is 31.2 Å². The van der Waals surface area contributed by atoms with Crippen LogP contribution in [-0.4, -0.2) is 48.6 Å². The number of urea groups is 1. The number of anilines is 1. The van der Waals surface area contributed by atoms with E-state index in [2.05, 4.69) is 46.4 Å². The van der Waals surface area contributed by atoms with Gasteiger partial charge in [0, 0.05) is 55.9 Å². The minimum absolute atomic E-state index is 0.0288. The zero-order valence-electron chi connectivity index (χ0n) is 13.3. The molecule has 0 saturated carbocycles. The highest BCUT2D eigenvalue weighted by atomic mass is 32.1. The Bertz CT molecular complexity index is 609. The quantitative estimate of drug-likeness (QED) is 0.938. The van der Waals surface area contributed by atoms with Crippen LogP contribution in [0, 0.1) is 0 Å². The number of para-hydroxylation sites is 1. The molecule has 2 heterocycles. The van der Waals surface area contributed by atoms with Crippen LogP contribution in [0.2, 0.25) is 0 Å². The zero-order chi connectivity index (χ0) is 16.1. The molecule has 0 radical (unpaired) electrons. The van der Waals surface area contributed by atoms with Crippen molar-refractivity contribution in [3.05, 3.63) is 46.9 Å². The third-order valence-electron chi connectivity index (χ3n) is 4.12. The van der Waals surface area contributed by atoms with E-state index >= 15 is 0 Å². The largest absolute Gasteiger partial charge is 0.368 e. The Kier molecular flexibility index (Phi) is 5.12. The van der Waals surface area contributed by atoms with E-state index in [1.165, 1.54) is 5.69 Å². The van der Waals surface area contributed by atoms with Gasteiger partial charge in [-0.2, -0.15) is 0 Å². The smallest absolute Gasteiger partial charge is 0.317 e. The molecule has 2 aromatic rings. The molecule has 0 spiro atoms. The average Bonchev–Trinajstić information content (AvgIpc) is 3.15. The van der Waals surface area contributed by atoms with Gasteiger partial charge < -0.3 is 15.1 Å². The monoisotopic (exact) mass is 330 g/mol. The number of hydrogen-bond donors (Lipinski definition) is 1. The molecule has 1 saturated heterocycles. The summed E-state index contributed by atoms with van der Waals surface area (Å²) in [7, 11) is 0. The summed E-state index contributed by atoms with van der Waals surface area (Å²) < 4.78 is 0. The molecule has 122 valence electrons. The number of rotatable bonds is 4.